The predicted octanol–water partition coefficient (Wildman–Crippen LogP) is 2.76. The SMILES string of the molecule is CC(C)(C)[Si]OC(C)(C)C1CN(C(=O)OCc2ccccc2)CC(=O)N1. The smallest absolute Gasteiger partial charge is 0.410 e. The van der Waals surface area contributed by atoms with Gasteiger partial charge in [0.25, 0.3) is 0 Å². The van der Waals surface area contributed by atoms with Crippen LogP contribution in [0.15, 0.2) is 30.3 Å². The number of benzene rings is 1. The number of nitrogens with zero attached hydrogens (tertiary/aromatic N) is 1. The molecule has 0 bridgehead atoms. The molecule has 7 heteroatoms. The summed E-state index contributed by atoms with van der Waals surface area (Å²) in [6.45, 7) is 10.7. The second-order valence-corrected chi connectivity index (χ2v) is 10.0. The minimum absolute atomic E-state index is 0.00175. The molecule has 1 aromatic carbocycles. The summed E-state index contributed by atoms with van der Waals surface area (Å²) in [6, 6.07) is 9.19. The Balaban J connectivity index is 1.95. The lowest BCUT2D eigenvalue weighted by Crippen LogP contribution is -2.63. The fraction of sp³-hybridized carbons (Fsp3) is 0.579. The first kappa shape index (κ1) is 20.4. The van der Waals surface area contributed by atoms with Gasteiger partial charge in [0.2, 0.25) is 15.7 Å². The van der Waals surface area contributed by atoms with Gasteiger partial charge in [-0.05, 0) is 24.4 Å². The van der Waals surface area contributed by atoms with Crippen molar-refractivity contribution in [1.82, 2.24) is 10.2 Å². The highest BCUT2D eigenvalue weighted by atomic mass is 28.2. The van der Waals surface area contributed by atoms with E-state index in [0.29, 0.717) is 16.3 Å². The molecule has 0 spiro atoms. The molecule has 0 saturated carbocycles. The van der Waals surface area contributed by atoms with Gasteiger partial charge < -0.3 is 14.5 Å². The minimum atomic E-state index is -0.584. The molecule has 1 atom stereocenters. The molecule has 1 aliphatic heterocycles. The van der Waals surface area contributed by atoms with Crippen LogP contribution in [0.5, 0.6) is 0 Å². The van der Waals surface area contributed by atoms with Crippen molar-refractivity contribution >= 4 is 21.8 Å². The quantitative estimate of drug-likeness (QED) is 0.803. The van der Waals surface area contributed by atoms with Gasteiger partial charge in [0.15, 0.2) is 0 Å². The number of rotatable bonds is 5. The van der Waals surface area contributed by atoms with E-state index in [9.17, 15) is 9.59 Å². The third-order valence-corrected chi connectivity index (χ3v) is 5.24. The van der Waals surface area contributed by atoms with Crippen LogP contribution in [-0.2, 0) is 20.6 Å². The lowest BCUT2D eigenvalue weighted by atomic mass is 9.97. The van der Waals surface area contributed by atoms with Crippen LogP contribution in [0.2, 0.25) is 5.04 Å². The van der Waals surface area contributed by atoms with Gasteiger partial charge in [0, 0.05) is 6.54 Å². The summed E-state index contributed by atoms with van der Waals surface area (Å²) in [7, 11) is 0.292. The van der Waals surface area contributed by atoms with Crippen molar-refractivity contribution in [2.75, 3.05) is 13.1 Å². The first-order chi connectivity index (χ1) is 12.1. The topological polar surface area (TPSA) is 67.9 Å². The number of hydrogen-bond donors (Lipinski definition) is 1. The van der Waals surface area contributed by atoms with Gasteiger partial charge in [0.1, 0.15) is 13.2 Å². The van der Waals surface area contributed by atoms with Gasteiger partial charge in [-0.2, -0.15) is 0 Å². The van der Waals surface area contributed by atoms with Gasteiger partial charge in [-0.3, -0.25) is 9.69 Å². The van der Waals surface area contributed by atoms with E-state index in [2.05, 4.69) is 26.1 Å². The van der Waals surface area contributed by atoms with Crippen LogP contribution >= 0.6 is 0 Å². The van der Waals surface area contributed by atoms with Crippen LogP contribution in [0.25, 0.3) is 0 Å². The van der Waals surface area contributed by atoms with E-state index < -0.39 is 11.7 Å². The van der Waals surface area contributed by atoms with Crippen molar-refractivity contribution in [2.45, 2.75) is 57.9 Å². The van der Waals surface area contributed by atoms with Gasteiger partial charge >= 0.3 is 6.09 Å². The molecule has 0 aliphatic carbocycles. The molecule has 2 amide bonds. The molecule has 6 nitrogen and oxygen atoms in total. The van der Waals surface area contributed by atoms with Crippen LogP contribution in [-0.4, -0.2) is 51.4 Å². The van der Waals surface area contributed by atoms with Crippen LogP contribution in [0, 0.1) is 0 Å². The minimum Gasteiger partial charge on any atom is -0.445 e. The number of amides is 2. The van der Waals surface area contributed by atoms with Crippen molar-refractivity contribution < 1.29 is 18.8 Å². The molecular weight excluding hydrogens is 348 g/mol. The number of carbonyl (C=O) groups is 2. The molecule has 2 rings (SSSR count). The van der Waals surface area contributed by atoms with Gasteiger partial charge in [-0.25, -0.2) is 4.79 Å². The van der Waals surface area contributed by atoms with Crippen LogP contribution < -0.4 is 5.32 Å². The zero-order chi connectivity index (χ0) is 19.4. The Bertz CT molecular complexity index is 628. The summed E-state index contributed by atoms with van der Waals surface area (Å²) < 4.78 is 11.4. The van der Waals surface area contributed by atoms with E-state index in [1.165, 1.54) is 4.90 Å². The lowest BCUT2D eigenvalue weighted by molar-refractivity contribution is -0.127. The molecule has 1 aliphatic rings. The molecular formula is C19H28N2O4Si. The average molecular weight is 377 g/mol. The highest BCUT2D eigenvalue weighted by Crippen LogP contribution is 2.26. The Kier molecular flexibility index (Phi) is 6.47. The molecule has 1 fully saturated rings. The monoisotopic (exact) mass is 376 g/mol. The van der Waals surface area contributed by atoms with Crippen molar-refractivity contribution in [3.63, 3.8) is 0 Å². The van der Waals surface area contributed by atoms with E-state index in [1.807, 2.05) is 44.2 Å². The normalized spacial score (nSPS) is 18.4. The van der Waals surface area contributed by atoms with Gasteiger partial charge in [0.05, 0.1) is 11.6 Å². The molecule has 1 N–H and O–H groups in total. The fourth-order valence-electron chi connectivity index (χ4n) is 2.44. The Labute approximate surface area is 158 Å². The first-order valence-corrected chi connectivity index (χ1v) is 9.68. The fourth-order valence-corrected chi connectivity index (χ4v) is 3.15. The molecule has 2 radical (unpaired) electrons. The lowest BCUT2D eigenvalue weighted by Gasteiger charge is -2.42. The third-order valence-electron chi connectivity index (χ3n) is 4.00. The third kappa shape index (κ3) is 6.14. The molecule has 142 valence electrons. The predicted molar refractivity (Wildman–Crippen MR) is 101 cm³/mol. The van der Waals surface area contributed by atoms with Crippen molar-refractivity contribution in [3.05, 3.63) is 35.9 Å². The molecule has 1 heterocycles. The maximum absolute atomic E-state index is 12.4. The maximum atomic E-state index is 12.4. The van der Waals surface area contributed by atoms with E-state index >= 15 is 0 Å². The second kappa shape index (κ2) is 8.22. The zero-order valence-corrected chi connectivity index (χ0v) is 17.2. The largest absolute Gasteiger partial charge is 0.445 e. The molecule has 1 unspecified atom stereocenters. The summed E-state index contributed by atoms with van der Waals surface area (Å²) >= 11 is 0. The molecule has 1 aromatic rings. The van der Waals surface area contributed by atoms with Crippen LogP contribution in [0.3, 0.4) is 0 Å². The maximum Gasteiger partial charge on any atom is 0.410 e. The number of hydrogen-bond acceptors (Lipinski definition) is 4. The Morgan fingerprint density at radius 1 is 1.23 bits per heavy atom. The molecule has 26 heavy (non-hydrogen) atoms. The molecule has 0 aromatic heterocycles. The number of carbonyl (C=O) groups excluding carboxylic acids is 2. The average Bonchev–Trinajstić information content (AvgIpc) is 2.58. The second-order valence-electron chi connectivity index (χ2n) is 8.10. The van der Waals surface area contributed by atoms with Crippen LogP contribution in [0.1, 0.15) is 40.2 Å². The Hall–Kier alpha value is -1.86. The van der Waals surface area contributed by atoms with Crippen molar-refractivity contribution in [2.24, 2.45) is 0 Å². The first-order valence-electron chi connectivity index (χ1n) is 8.77. The summed E-state index contributed by atoms with van der Waals surface area (Å²) in [4.78, 5) is 25.9. The zero-order valence-electron chi connectivity index (χ0n) is 16.2. The van der Waals surface area contributed by atoms with E-state index in [-0.39, 0.29) is 30.1 Å². The van der Waals surface area contributed by atoms with Crippen molar-refractivity contribution in [3.8, 4) is 0 Å². The van der Waals surface area contributed by atoms with E-state index in [0.717, 1.165) is 5.56 Å². The Morgan fingerprint density at radius 3 is 2.50 bits per heavy atom. The summed E-state index contributed by atoms with van der Waals surface area (Å²) in [6.07, 6.45) is -0.484. The van der Waals surface area contributed by atoms with E-state index in [4.69, 9.17) is 9.16 Å². The van der Waals surface area contributed by atoms with E-state index in [1.54, 1.807) is 0 Å². The highest BCUT2D eigenvalue weighted by Gasteiger charge is 2.39. The van der Waals surface area contributed by atoms with Crippen LogP contribution in [0.4, 0.5) is 4.79 Å². The number of ether oxygens (including phenoxy) is 1. The number of nitrogens with one attached hydrogen (secondary N) is 1. The standard InChI is InChI=1S/C19H28N2O4Si/c1-18(2,3)26-25-19(4,5)15-11-21(12-16(22)20-15)17(23)24-13-14-9-7-6-8-10-14/h6-10,15H,11-13H2,1-5H3,(H,20,22). The summed E-state index contributed by atoms with van der Waals surface area (Å²) in [5.41, 5.74) is 0.327. The summed E-state index contributed by atoms with van der Waals surface area (Å²) in [5.74, 6) is -0.200. The molecule has 1 saturated heterocycles. The highest BCUT2D eigenvalue weighted by molar-refractivity contribution is 6.31. The summed E-state index contributed by atoms with van der Waals surface area (Å²) in [5, 5.41) is 2.99. The van der Waals surface area contributed by atoms with Crippen molar-refractivity contribution in [1.29, 1.82) is 0 Å². The Morgan fingerprint density at radius 2 is 1.88 bits per heavy atom. The van der Waals surface area contributed by atoms with Gasteiger partial charge in [-0.15, -0.1) is 0 Å². The number of piperazine rings is 1. The van der Waals surface area contributed by atoms with Gasteiger partial charge in [-0.1, -0.05) is 51.1 Å².